The maximum Gasteiger partial charge on any atom is 0.260 e. The van der Waals surface area contributed by atoms with Gasteiger partial charge in [0.2, 0.25) is 0 Å². The lowest BCUT2D eigenvalue weighted by atomic mass is 10.3. The predicted molar refractivity (Wildman–Crippen MR) is 119 cm³/mol. The van der Waals surface area contributed by atoms with E-state index in [1.807, 2.05) is 23.1 Å². The molecular weight excluding hydrogens is 406 g/mol. The van der Waals surface area contributed by atoms with E-state index in [0.717, 1.165) is 23.7 Å². The van der Waals surface area contributed by atoms with E-state index >= 15 is 0 Å². The monoisotopic (exact) mass is 429 g/mol. The summed E-state index contributed by atoms with van der Waals surface area (Å²) >= 11 is 3.45. The SMILES string of the molecule is COc1cccc(OCC(=O)N2CCN(c3nc4ccc(SC)cc4s3)CC2)c1. The molecule has 0 saturated carbocycles. The van der Waals surface area contributed by atoms with E-state index in [4.69, 9.17) is 14.5 Å². The van der Waals surface area contributed by atoms with Crippen LogP contribution in [0, 0.1) is 0 Å². The van der Waals surface area contributed by atoms with Crippen molar-refractivity contribution in [1.29, 1.82) is 0 Å². The Morgan fingerprint density at radius 3 is 2.69 bits per heavy atom. The zero-order valence-electron chi connectivity index (χ0n) is 16.5. The first kappa shape index (κ1) is 19.8. The number of rotatable bonds is 6. The number of hydrogen-bond acceptors (Lipinski definition) is 7. The zero-order valence-corrected chi connectivity index (χ0v) is 18.1. The highest BCUT2D eigenvalue weighted by atomic mass is 32.2. The number of carbonyl (C=O) groups is 1. The van der Waals surface area contributed by atoms with Crippen LogP contribution in [-0.4, -0.2) is 61.9 Å². The zero-order chi connectivity index (χ0) is 20.2. The molecule has 4 rings (SSSR count). The molecule has 0 aliphatic carbocycles. The van der Waals surface area contributed by atoms with Crippen LogP contribution < -0.4 is 14.4 Å². The van der Waals surface area contributed by atoms with Crippen molar-refractivity contribution in [2.45, 2.75) is 4.90 Å². The van der Waals surface area contributed by atoms with Crippen molar-refractivity contribution in [3.8, 4) is 11.5 Å². The summed E-state index contributed by atoms with van der Waals surface area (Å²) in [6.45, 7) is 2.94. The second-order valence-electron chi connectivity index (χ2n) is 6.67. The Hall–Kier alpha value is -2.45. The number of carbonyl (C=O) groups excluding carboxylic acids is 1. The van der Waals surface area contributed by atoms with Gasteiger partial charge in [-0.1, -0.05) is 17.4 Å². The average molecular weight is 430 g/mol. The van der Waals surface area contributed by atoms with Gasteiger partial charge in [0.1, 0.15) is 11.5 Å². The third kappa shape index (κ3) is 4.59. The predicted octanol–water partition coefficient (Wildman–Crippen LogP) is 3.75. The smallest absolute Gasteiger partial charge is 0.260 e. The minimum absolute atomic E-state index is 0.00128. The Morgan fingerprint density at radius 2 is 1.93 bits per heavy atom. The molecule has 1 aliphatic heterocycles. The number of ether oxygens (including phenoxy) is 2. The summed E-state index contributed by atoms with van der Waals surface area (Å²) in [4.78, 5) is 22.7. The first-order valence-corrected chi connectivity index (χ1v) is 11.4. The second-order valence-corrected chi connectivity index (χ2v) is 8.55. The number of hydrogen-bond donors (Lipinski definition) is 0. The van der Waals surface area contributed by atoms with Gasteiger partial charge >= 0.3 is 0 Å². The Morgan fingerprint density at radius 1 is 1.14 bits per heavy atom. The topological polar surface area (TPSA) is 54.9 Å². The van der Waals surface area contributed by atoms with Crippen molar-refractivity contribution in [3.05, 3.63) is 42.5 Å². The van der Waals surface area contributed by atoms with E-state index in [1.165, 1.54) is 9.60 Å². The average Bonchev–Trinajstić information content (AvgIpc) is 3.21. The fourth-order valence-electron chi connectivity index (χ4n) is 3.23. The van der Waals surface area contributed by atoms with Crippen LogP contribution in [0.4, 0.5) is 5.13 Å². The normalized spacial score (nSPS) is 14.3. The van der Waals surface area contributed by atoms with Gasteiger partial charge in [0.25, 0.3) is 5.91 Å². The van der Waals surface area contributed by atoms with E-state index in [1.54, 1.807) is 36.3 Å². The molecular formula is C21H23N3O3S2. The highest BCUT2D eigenvalue weighted by molar-refractivity contribution is 7.98. The van der Waals surface area contributed by atoms with E-state index in [9.17, 15) is 4.79 Å². The molecule has 0 unspecified atom stereocenters. The number of methoxy groups -OCH3 is 1. The number of thioether (sulfide) groups is 1. The third-order valence-corrected chi connectivity index (χ3v) is 6.70. The van der Waals surface area contributed by atoms with Gasteiger partial charge in [-0.3, -0.25) is 4.79 Å². The molecule has 8 heteroatoms. The molecule has 1 fully saturated rings. The molecule has 1 saturated heterocycles. The Kier molecular flexibility index (Phi) is 6.10. The van der Waals surface area contributed by atoms with Gasteiger partial charge in [-0.15, -0.1) is 11.8 Å². The first-order valence-electron chi connectivity index (χ1n) is 9.40. The molecule has 0 bridgehead atoms. The van der Waals surface area contributed by atoms with E-state index in [-0.39, 0.29) is 12.5 Å². The fourth-order valence-corrected chi connectivity index (χ4v) is 4.80. The van der Waals surface area contributed by atoms with Crippen LogP contribution in [0.25, 0.3) is 10.2 Å². The molecule has 2 aromatic carbocycles. The lowest BCUT2D eigenvalue weighted by molar-refractivity contribution is -0.133. The molecule has 1 amide bonds. The molecule has 0 radical (unpaired) electrons. The van der Waals surface area contributed by atoms with Crippen molar-refractivity contribution < 1.29 is 14.3 Å². The van der Waals surface area contributed by atoms with Gasteiger partial charge in [0, 0.05) is 37.1 Å². The van der Waals surface area contributed by atoms with Crippen LogP contribution in [0.3, 0.4) is 0 Å². The lowest BCUT2D eigenvalue weighted by Gasteiger charge is -2.34. The number of nitrogens with zero attached hydrogens (tertiary/aromatic N) is 3. The van der Waals surface area contributed by atoms with Crippen LogP contribution in [0.2, 0.25) is 0 Å². The third-order valence-electron chi connectivity index (χ3n) is 4.89. The Balaban J connectivity index is 1.32. The number of piperazine rings is 1. The summed E-state index contributed by atoms with van der Waals surface area (Å²) in [5.41, 5.74) is 1.04. The standard InChI is InChI=1S/C21H23N3O3S2/c1-26-15-4-3-5-16(12-15)27-14-20(25)23-8-10-24(11-9-23)21-22-18-7-6-17(28-2)13-19(18)29-21/h3-7,12-13H,8-11,14H2,1-2H3. The summed E-state index contributed by atoms with van der Waals surface area (Å²) < 4.78 is 12.0. The number of aromatic nitrogens is 1. The molecule has 1 aromatic heterocycles. The second kappa shape index (κ2) is 8.92. The highest BCUT2D eigenvalue weighted by Gasteiger charge is 2.23. The Labute approximate surface area is 178 Å². The minimum atomic E-state index is 0.00128. The van der Waals surface area contributed by atoms with Gasteiger partial charge < -0.3 is 19.3 Å². The van der Waals surface area contributed by atoms with Crippen LogP contribution in [0.15, 0.2) is 47.4 Å². The van der Waals surface area contributed by atoms with Crippen LogP contribution in [-0.2, 0) is 4.79 Å². The summed E-state index contributed by atoms with van der Waals surface area (Å²) in [5.74, 6) is 1.35. The number of amides is 1. The summed E-state index contributed by atoms with van der Waals surface area (Å²) in [7, 11) is 1.61. The molecule has 1 aliphatic rings. The largest absolute Gasteiger partial charge is 0.497 e. The molecule has 3 aromatic rings. The number of fused-ring (bicyclic) bond motifs is 1. The van der Waals surface area contributed by atoms with Gasteiger partial charge in [-0.05, 0) is 36.6 Å². The first-order chi connectivity index (χ1) is 14.2. The van der Waals surface area contributed by atoms with Gasteiger partial charge in [-0.2, -0.15) is 0 Å². The quantitative estimate of drug-likeness (QED) is 0.556. The van der Waals surface area contributed by atoms with Crippen LogP contribution >= 0.6 is 23.1 Å². The van der Waals surface area contributed by atoms with Gasteiger partial charge in [0.15, 0.2) is 11.7 Å². The number of thiazole rings is 1. The molecule has 0 atom stereocenters. The minimum Gasteiger partial charge on any atom is -0.497 e. The number of benzene rings is 2. The van der Waals surface area contributed by atoms with Crippen molar-refractivity contribution >= 4 is 44.4 Å². The molecule has 0 spiro atoms. The summed E-state index contributed by atoms with van der Waals surface area (Å²) in [6, 6.07) is 13.7. The maximum absolute atomic E-state index is 12.5. The summed E-state index contributed by atoms with van der Waals surface area (Å²) in [5, 5.41) is 1.03. The Bertz CT molecular complexity index is 1000. The molecule has 0 N–H and O–H groups in total. The van der Waals surface area contributed by atoms with Gasteiger partial charge in [0.05, 0.1) is 17.3 Å². The molecule has 152 valence electrons. The lowest BCUT2D eigenvalue weighted by Crippen LogP contribution is -2.50. The van der Waals surface area contributed by atoms with E-state index in [2.05, 4.69) is 29.4 Å². The van der Waals surface area contributed by atoms with E-state index in [0.29, 0.717) is 24.6 Å². The van der Waals surface area contributed by atoms with Crippen molar-refractivity contribution in [1.82, 2.24) is 9.88 Å². The fraction of sp³-hybridized carbons (Fsp3) is 0.333. The van der Waals surface area contributed by atoms with Crippen LogP contribution in [0.5, 0.6) is 11.5 Å². The van der Waals surface area contributed by atoms with Crippen molar-refractivity contribution in [2.24, 2.45) is 0 Å². The molecule has 6 nitrogen and oxygen atoms in total. The van der Waals surface area contributed by atoms with Crippen molar-refractivity contribution in [2.75, 3.05) is 51.1 Å². The van der Waals surface area contributed by atoms with Crippen molar-refractivity contribution in [3.63, 3.8) is 0 Å². The molecule has 2 heterocycles. The van der Waals surface area contributed by atoms with E-state index < -0.39 is 0 Å². The highest BCUT2D eigenvalue weighted by Crippen LogP contribution is 2.32. The van der Waals surface area contributed by atoms with Gasteiger partial charge in [-0.25, -0.2) is 4.98 Å². The number of anilines is 1. The summed E-state index contributed by atoms with van der Waals surface area (Å²) in [6.07, 6.45) is 2.08. The van der Waals surface area contributed by atoms with Crippen LogP contribution in [0.1, 0.15) is 0 Å². The maximum atomic E-state index is 12.5. The molecule has 29 heavy (non-hydrogen) atoms.